The third-order valence-electron chi connectivity index (χ3n) is 3.95. The smallest absolute Gasteiger partial charge is 0.321 e. The lowest BCUT2D eigenvalue weighted by atomic mass is 10.1. The van der Waals surface area contributed by atoms with Gasteiger partial charge in [-0.2, -0.15) is 0 Å². The van der Waals surface area contributed by atoms with Crippen molar-refractivity contribution >= 4 is 23.6 Å². The number of carbonyl (C=O) groups excluding carboxylic acids is 2. The first kappa shape index (κ1) is 20.0. The molecule has 3 N–H and O–H groups in total. The van der Waals surface area contributed by atoms with Crippen LogP contribution in [0.1, 0.15) is 22.3 Å². The van der Waals surface area contributed by atoms with E-state index in [0.717, 1.165) is 12.0 Å². The van der Waals surface area contributed by atoms with E-state index in [1.807, 2.05) is 30.3 Å². The summed E-state index contributed by atoms with van der Waals surface area (Å²) in [4.78, 5) is 36.0. The number of carbonyl (C=O) groups is 3. The number of benzene rings is 2. The van der Waals surface area contributed by atoms with Crippen LogP contribution in [-0.2, 0) is 11.2 Å². The van der Waals surface area contributed by atoms with Gasteiger partial charge in [0.1, 0.15) is 0 Å². The molecule has 0 heterocycles. The van der Waals surface area contributed by atoms with Gasteiger partial charge in [0.15, 0.2) is 0 Å². The van der Waals surface area contributed by atoms with Crippen molar-refractivity contribution in [3.63, 3.8) is 0 Å². The summed E-state index contributed by atoms with van der Waals surface area (Å²) in [7, 11) is 1.52. The fraction of sp³-hybridized carbons (Fsp3) is 0.250. The molecular formula is C20H23N3O4. The molecule has 2 aromatic rings. The van der Waals surface area contributed by atoms with Gasteiger partial charge in [0.25, 0.3) is 5.91 Å². The number of hydrogen-bond donors (Lipinski definition) is 3. The van der Waals surface area contributed by atoms with Gasteiger partial charge in [-0.3, -0.25) is 9.59 Å². The van der Waals surface area contributed by atoms with E-state index < -0.39 is 12.0 Å². The molecule has 2 aromatic carbocycles. The number of anilines is 1. The van der Waals surface area contributed by atoms with Gasteiger partial charge < -0.3 is 20.6 Å². The largest absolute Gasteiger partial charge is 0.481 e. The van der Waals surface area contributed by atoms with Gasteiger partial charge in [0, 0.05) is 31.4 Å². The monoisotopic (exact) mass is 369 g/mol. The Morgan fingerprint density at radius 2 is 1.67 bits per heavy atom. The first-order valence-corrected chi connectivity index (χ1v) is 8.62. The second-order valence-electron chi connectivity index (χ2n) is 6.06. The van der Waals surface area contributed by atoms with Crippen molar-refractivity contribution in [1.29, 1.82) is 0 Å². The lowest BCUT2D eigenvalue weighted by Crippen LogP contribution is -2.33. The third-order valence-corrected chi connectivity index (χ3v) is 3.95. The lowest BCUT2D eigenvalue weighted by Gasteiger charge is -2.17. The van der Waals surface area contributed by atoms with Crippen molar-refractivity contribution < 1.29 is 19.5 Å². The molecule has 7 heteroatoms. The number of hydrogen-bond acceptors (Lipinski definition) is 3. The number of rotatable bonds is 8. The lowest BCUT2D eigenvalue weighted by molar-refractivity contribution is -0.137. The minimum Gasteiger partial charge on any atom is -0.481 e. The fourth-order valence-corrected chi connectivity index (χ4v) is 2.36. The Kier molecular flexibility index (Phi) is 7.37. The number of carboxylic acid groups (broad SMARTS) is 1. The molecular weight excluding hydrogens is 346 g/mol. The maximum Gasteiger partial charge on any atom is 0.321 e. The van der Waals surface area contributed by atoms with Gasteiger partial charge in [0.05, 0.1) is 6.42 Å². The van der Waals surface area contributed by atoms with E-state index in [0.29, 0.717) is 17.8 Å². The van der Waals surface area contributed by atoms with Crippen LogP contribution in [-0.4, -0.2) is 48.1 Å². The highest BCUT2D eigenvalue weighted by atomic mass is 16.4. The normalized spacial score (nSPS) is 10.1. The van der Waals surface area contributed by atoms with E-state index in [4.69, 9.17) is 5.11 Å². The molecule has 0 unspecified atom stereocenters. The zero-order valence-corrected chi connectivity index (χ0v) is 15.1. The topological polar surface area (TPSA) is 98.7 Å². The fourth-order valence-electron chi connectivity index (χ4n) is 2.36. The van der Waals surface area contributed by atoms with E-state index in [1.54, 1.807) is 24.3 Å². The molecule has 0 aliphatic carbocycles. The van der Waals surface area contributed by atoms with Crippen LogP contribution in [0.2, 0.25) is 0 Å². The zero-order valence-electron chi connectivity index (χ0n) is 15.1. The first-order chi connectivity index (χ1) is 13.0. The summed E-state index contributed by atoms with van der Waals surface area (Å²) in [6.07, 6.45) is 0.634. The number of aliphatic carboxylic acids is 1. The number of carboxylic acids is 1. The van der Waals surface area contributed by atoms with Gasteiger partial charge in [0.2, 0.25) is 0 Å². The van der Waals surface area contributed by atoms with Gasteiger partial charge in [-0.1, -0.05) is 30.3 Å². The number of nitrogens with one attached hydrogen (secondary N) is 2. The van der Waals surface area contributed by atoms with E-state index in [2.05, 4.69) is 10.6 Å². The molecule has 0 spiro atoms. The van der Waals surface area contributed by atoms with E-state index in [1.165, 1.54) is 11.9 Å². The Labute approximate surface area is 158 Å². The van der Waals surface area contributed by atoms with Crippen LogP contribution >= 0.6 is 0 Å². The van der Waals surface area contributed by atoms with Crippen molar-refractivity contribution in [2.75, 3.05) is 25.5 Å². The van der Waals surface area contributed by atoms with Gasteiger partial charge in [-0.15, -0.1) is 0 Å². The summed E-state index contributed by atoms with van der Waals surface area (Å²) < 4.78 is 0. The molecule has 0 aliphatic heterocycles. The molecule has 142 valence electrons. The zero-order chi connectivity index (χ0) is 19.6. The van der Waals surface area contributed by atoms with Crippen LogP contribution in [0.4, 0.5) is 10.5 Å². The van der Waals surface area contributed by atoms with E-state index >= 15 is 0 Å². The van der Waals surface area contributed by atoms with Crippen LogP contribution in [0, 0.1) is 0 Å². The van der Waals surface area contributed by atoms with E-state index in [9.17, 15) is 14.4 Å². The van der Waals surface area contributed by atoms with Crippen molar-refractivity contribution in [2.24, 2.45) is 0 Å². The molecule has 0 radical (unpaired) electrons. The molecule has 7 nitrogen and oxygen atoms in total. The van der Waals surface area contributed by atoms with Crippen molar-refractivity contribution in [3.05, 3.63) is 65.7 Å². The minimum absolute atomic E-state index is 0.114. The molecule has 0 fully saturated rings. The number of urea groups is 1. The summed E-state index contributed by atoms with van der Waals surface area (Å²) >= 11 is 0. The van der Waals surface area contributed by atoms with E-state index in [-0.39, 0.29) is 18.9 Å². The summed E-state index contributed by atoms with van der Waals surface area (Å²) in [5.41, 5.74) is 2.19. The van der Waals surface area contributed by atoms with Crippen LogP contribution in [0.3, 0.4) is 0 Å². The molecule has 27 heavy (non-hydrogen) atoms. The summed E-state index contributed by atoms with van der Waals surface area (Å²) in [5.74, 6) is -1.14. The number of amides is 3. The molecule has 3 amide bonds. The minimum atomic E-state index is -0.961. The average molecular weight is 369 g/mol. The SMILES string of the molecule is CN(CCC(=O)O)C(=O)Nc1ccc(C(=O)NCCc2ccccc2)cc1. The summed E-state index contributed by atoms with van der Waals surface area (Å²) in [6.45, 7) is 0.652. The second kappa shape index (κ2) is 9.96. The maximum atomic E-state index is 12.2. The summed E-state index contributed by atoms with van der Waals surface area (Å²) in [6, 6.07) is 16.0. The second-order valence-corrected chi connectivity index (χ2v) is 6.06. The third kappa shape index (κ3) is 6.81. The summed E-state index contributed by atoms with van der Waals surface area (Å²) in [5, 5.41) is 14.2. The van der Waals surface area contributed by atoms with Gasteiger partial charge >= 0.3 is 12.0 Å². The van der Waals surface area contributed by atoms with Crippen LogP contribution < -0.4 is 10.6 Å². The molecule has 0 bridgehead atoms. The van der Waals surface area contributed by atoms with Gasteiger partial charge in [-0.05, 0) is 36.2 Å². The Balaban J connectivity index is 1.80. The highest BCUT2D eigenvalue weighted by Gasteiger charge is 2.11. The molecule has 0 atom stereocenters. The molecule has 0 aromatic heterocycles. The van der Waals surface area contributed by atoms with Crippen molar-refractivity contribution in [2.45, 2.75) is 12.8 Å². The molecule has 0 saturated carbocycles. The Morgan fingerprint density at radius 1 is 1.00 bits per heavy atom. The molecule has 0 aliphatic rings. The molecule has 2 rings (SSSR count). The van der Waals surface area contributed by atoms with Crippen molar-refractivity contribution in [3.8, 4) is 0 Å². The Bertz CT molecular complexity index is 776. The Morgan fingerprint density at radius 3 is 2.30 bits per heavy atom. The highest BCUT2D eigenvalue weighted by Crippen LogP contribution is 2.10. The van der Waals surface area contributed by atoms with Crippen LogP contribution in [0.5, 0.6) is 0 Å². The first-order valence-electron chi connectivity index (χ1n) is 8.62. The molecule has 0 saturated heterocycles. The Hall–Kier alpha value is -3.35. The van der Waals surface area contributed by atoms with Crippen LogP contribution in [0.25, 0.3) is 0 Å². The van der Waals surface area contributed by atoms with Gasteiger partial charge in [-0.25, -0.2) is 4.79 Å². The van der Waals surface area contributed by atoms with Crippen molar-refractivity contribution in [1.82, 2.24) is 10.2 Å². The average Bonchev–Trinajstić information content (AvgIpc) is 2.67. The number of nitrogens with zero attached hydrogens (tertiary/aromatic N) is 1. The van der Waals surface area contributed by atoms with Crippen LogP contribution in [0.15, 0.2) is 54.6 Å². The highest BCUT2D eigenvalue weighted by molar-refractivity contribution is 5.95. The predicted molar refractivity (Wildman–Crippen MR) is 103 cm³/mol. The maximum absolute atomic E-state index is 12.2. The standard InChI is InChI=1S/C20H23N3O4/c1-23(14-12-18(24)25)20(27)22-17-9-7-16(8-10-17)19(26)21-13-11-15-5-3-2-4-6-15/h2-10H,11-14H2,1H3,(H,21,26)(H,22,27)(H,24,25). The predicted octanol–water partition coefficient (Wildman–Crippen LogP) is 2.60. The quantitative estimate of drug-likeness (QED) is 0.666.